The van der Waals surface area contributed by atoms with Crippen LogP contribution in [0.3, 0.4) is 0 Å². The van der Waals surface area contributed by atoms with Gasteiger partial charge in [0, 0.05) is 13.5 Å². The second-order valence-electron chi connectivity index (χ2n) is 3.38. The van der Waals surface area contributed by atoms with Gasteiger partial charge in [0.2, 0.25) is 0 Å². The summed E-state index contributed by atoms with van der Waals surface area (Å²) in [5.74, 6) is 0. The monoisotopic (exact) mass is 242 g/mol. The highest BCUT2D eigenvalue weighted by atomic mass is 35.5. The van der Waals surface area contributed by atoms with Gasteiger partial charge in [-0.25, -0.2) is 9.89 Å². The summed E-state index contributed by atoms with van der Waals surface area (Å²) in [4.78, 5) is 11.3. The molecule has 0 saturated heterocycles. The smallest absolute Gasteiger partial charge is 0.364 e. The Morgan fingerprint density at radius 1 is 1.62 bits per heavy atom. The summed E-state index contributed by atoms with van der Waals surface area (Å²) >= 11 is 6.00. The van der Waals surface area contributed by atoms with Crippen LogP contribution in [0.15, 0.2) is 16.9 Å². The molecule has 7 heteroatoms. The molecule has 2 aromatic rings. The van der Waals surface area contributed by atoms with Crippen molar-refractivity contribution in [2.24, 2.45) is 0 Å². The predicted molar refractivity (Wildman–Crippen MR) is 58.8 cm³/mol. The average molecular weight is 243 g/mol. The van der Waals surface area contributed by atoms with Crippen LogP contribution < -0.4 is 5.69 Å². The first-order valence-corrected chi connectivity index (χ1v) is 5.20. The van der Waals surface area contributed by atoms with Crippen LogP contribution in [0, 0.1) is 0 Å². The third-order valence-corrected chi connectivity index (χ3v) is 2.39. The lowest BCUT2D eigenvalue weighted by atomic mass is 10.2. The number of fused-ring (bicyclic) bond motifs is 1. The van der Waals surface area contributed by atoms with Gasteiger partial charge in [-0.1, -0.05) is 0 Å². The quantitative estimate of drug-likeness (QED) is 0.779. The molecule has 0 spiro atoms. The van der Waals surface area contributed by atoms with Crippen molar-refractivity contribution in [3.05, 3.63) is 28.3 Å². The van der Waals surface area contributed by atoms with Crippen LogP contribution >= 0.6 is 11.6 Å². The van der Waals surface area contributed by atoms with Crippen molar-refractivity contribution in [2.45, 2.75) is 11.8 Å². The Kier molecular flexibility index (Phi) is 3.21. The molecular weight excluding hydrogens is 232 g/mol. The number of hydrogen-bond acceptors (Lipinski definition) is 4. The molecule has 0 aliphatic carbocycles. The first-order valence-electron chi connectivity index (χ1n) is 4.77. The van der Waals surface area contributed by atoms with Crippen LogP contribution in [-0.2, 0) is 11.2 Å². The van der Waals surface area contributed by atoms with Crippen molar-refractivity contribution in [3.8, 4) is 0 Å². The minimum absolute atomic E-state index is 0.155. The lowest BCUT2D eigenvalue weighted by molar-refractivity contribution is 0.197. The summed E-state index contributed by atoms with van der Waals surface area (Å²) in [6.07, 6.45) is 0.545. The highest BCUT2D eigenvalue weighted by Crippen LogP contribution is 2.06. The first kappa shape index (κ1) is 11.1. The number of alkyl halides is 1. The van der Waals surface area contributed by atoms with E-state index in [4.69, 9.17) is 16.3 Å². The number of hydrogen-bond donors (Lipinski definition) is 1. The summed E-state index contributed by atoms with van der Waals surface area (Å²) < 4.78 is 6.14. The molecule has 0 aliphatic rings. The van der Waals surface area contributed by atoms with Gasteiger partial charge in [0.25, 0.3) is 0 Å². The highest BCUT2D eigenvalue weighted by molar-refractivity contribution is 6.20. The van der Waals surface area contributed by atoms with Crippen molar-refractivity contribution in [3.63, 3.8) is 0 Å². The van der Waals surface area contributed by atoms with Gasteiger partial charge >= 0.3 is 5.69 Å². The molecule has 0 aliphatic heterocycles. The van der Waals surface area contributed by atoms with Crippen molar-refractivity contribution in [1.82, 2.24) is 19.8 Å². The molecule has 6 nitrogen and oxygen atoms in total. The first-order chi connectivity index (χ1) is 7.70. The van der Waals surface area contributed by atoms with Crippen LogP contribution in [-0.4, -0.2) is 38.9 Å². The number of aromatic nitrogens is 4. The van der Waals surface area contributed by atoms with Crippen LogP contribution in [0.25, 0.3) is 5.65 Å². The molecular formula is C9H11ClN4O2. The Labute approximate surface area is 96.2 Å². The Bertz CT molecular complexity index is 536. The molecule has 0 amide bonds. The maximum atomic E-state index is 11.3. The molecule has 1 atom stereocenters. The molecule has 2 rings (SSSR count). The zero-order valence-corrected chi connectivity index (χ0v) is 9.44. The van der Waals surface area contributed by atoms with E-state index < -0.39 is 0 Å². The van der Waals surface area contributed by atoms with Crippen molar-refractivity contribution in [2.75, 3.05) is 13.7 Å². The van der Waals surface area contributed by atoms with Crippen molar-refractivity contribution >= 4 is 17.2 Å². The Morgan fingerprint density at radius 3 is 3.19 bits per heavy atom. The highest BCUT2D eigenvalue weighted by Gasteiger charge is 2.08. The standard InChI is InChI=1S/C9H11ClN4O2/c1-16-5-6(10)4-7-2-3-8-11-12-9(15)14(8)13-7/h2-3,6H,4-5H2,1H3,(H,12,15). The van der Waals surface area contributed by atoms with E-state index in [9.17, 15) is 4.79 Å². The van der Waals surface area contributed by atoms with Crippen LogP contribution in [0.4, 0.5) is 0 Å². The van der Waals surface area contributed by atoms with Crippen molar-refractivity contribution < 1.29 is 4.74 Å². The molecule has 2 aromatic heterocycles. The molecule has 16 heavy (non-hydrogen) atoms. The molecule has 1 N–H and O–H groups in total. The van der Waals surface area contributed by atoms with Gasteiger partial charge in [-0.2, -0.15) is 14.7 Å². The molecule has 0 bridgehead atoms. The lowest BCUT2D eigenvalue weighted by Gasteiger charge is -2.06. The number of methoxy groups -OCH3 is 1. The minimum Gasteiger partial charge on any atom is -0.383 e. The Balaban J connectivity index is 2.25. The minimum atomic E-state index is -0.352. The van der Waals surface area contributed by atoms with Gasteiger partial charge in [0.15, 0.2) is 5.65 Å². The Hall–Kier alpha value is -1.40. The number of ether oxygens (including phenoxy) is 1. The van der Waals surface area contributed by atoms with Gasteiger partial charge in [0.05, 0.1) is 17.7 Å². The fraction of sp³-hybridized carbons (Fsp3) is 0.444. The largest absolute Gasteiger partial charge is 0.383 e. The van der Waals surface area contributed by atoms with Gasteiger partial charge in [0.1, 0.15) is 0 Å². The van der Waals surface area contributed by atoms with Crippen molar-refractivity contribution in [1.29, 1.82) is 0 Å². The summed E-state index contributed by atoms with van der Waals surface area (Å²) in [7, 11) is 1.59. The number of rotatable bonds is 4. The predicted octanol–water partition coefficient (Wildman–Crippen LogP) is 0.214. The maximum Gasteiger partial charge on any atom is 0.364 e. The second kappa shape index (κ2) is 4.63. The number of H-pyrrole nitrogens is 1. The van der Waals surface area contributed by atoms with Gasteiger partial charge in [-0.05, 0) is 12.1 Å². The van der Waals surface area contributed by atoms with Crippen LogP contribution in [0.5, 0.6) is 0 Å². The molecule has 0 fully saturated rings. The van der Waals surface area contributed by atoms with E-state index in [2.05, 4.69) is 15.3 Å². The maximum absolute atomic E-state index is 11.3. The number of halogens is 1. The van der Waals surface area contributed by atoms with E-state index in [1.54, 1.807) is 19.2 Å². The molecule has 1 unspecified atom stereocenters. The number of nitrogens with one attached hydrogen (secondary N) is 1. The SMILES string of the molecule is COCC(Cl)Cc1ccc2n[nH]c(=O)n2n1. The van der Waals surface area contributed by atoms with E-state index in [0.29, 0.717) is 18.7 Å². The molecule has 0 radical (unpaired) electrons. The third kappa shape index (κ3) is 2.23. The second-order valence-corrected chi connectivity index (χ2v) is 4.00. The molecule has 2 heterocycles. The summed E-state index contributed by atoms with van der Waals surface area (Å²) in [5, 5.41) is 10.1. The van der Waals surface area contributed by atoms with E-state index in [-0.39, 0.29) is 11.1 Å². The Morgan fingerprint density at radius 2 is 2.44 bits per heavy atom. The third-order valence-electron chi connectivity index (χ3n) is 2.11. The van der Waals surface area contributed by atoms with E-state index in [1.807, 2.05) is 0 Å². The number of aromatic amines is 1. The van der Waals surface area contributed by atoms with E-state index in [0.717, 1.165) is 5.69 Å². The topological polar surface area (TPSA) is 72.3 Å². The average Bonchev–Trinajstić information content (AvgIpc) is 2.61. The molecule has 0 aromatic carbocycles. The van der Waals surface area contributed by atoms with Gasteiger partial charge < -0.3 is 4.74 Å². The molecule has 86 valence electrons. The van der Waals surface area contributed by atoms with E-state index in [1.165, 1.54) is 4.52 Å². The normalized spacial score (nSPS) is 13.1. The summed E-state index contributed by atoms with van der Waals surface area (Å²) in [5.41, 5.74) is 0.870. The zero-order chi connectivity index (χ0) is 11.5. The van der Waals surface area contributed by atoms with Crippen LogP contribution in [0.2, 0.25) is 0 Å². The zero-order valence-electron chi connectivity index (χ0n) is 8.68. The lowest BCUT2D eigenvalue weighted by Crippen LogP contribution is -2.16. The number of nitrogens with zero attached hydrogens (tertiary/aromatic N) is 3. The van der Waals surface area contributed by atoms with Gasteiger partial charge in [-0.15, -0.1) is 11.6 Å². The fourth-order valence-corrected chi connectivity index (χ4v) is 1.70. The van der Waals surface area contributed by atoms with Crippen LogP contribution in [0.1, 0.15) is 5.69 Å². The van der Waals surface area contributed by atoms with Gasteiger partial charge in [-0.3, -0.25) is 0 Å². The fourth-order valence-electron chi connectivity index (χ4n) is 1.42. The summed E-state index contributed by atoms with van der Waals surface area (Å²) in [6, 6.07) is 3.51. The summed E-state index contributed by atoms with van der Waals surface area (Å²) in [6.45, 7) is 0.446. The molecule has 0 saturated carbocycles. The van der Waals surface area contributed by atoms with E-state index >= 15 is 0 Å².